The smallest absolute Gasteiger partial charge is 0.226 e. The first-order valence-corrected chi connectivity index (χ1v) is 8.35. The van der Waals surface area contributed by atoms with E-state index in [2.05, 4.69) is 34.5 Å². The highest BCUT2D eigenvalue weighted by atomic mass is 16.2. The fourth-order valence-electron chi connectivity index (χ4n) is 3.20. The molecule has 0 saturated heterocycles. The lowest BCUT2D eigenvalue weighted by molar-refractivity contribution is -0.136. The monoisotopic (exact) mass is 312 g/mol. The van der Waals surface area contributed by atoms with E-state index in [1.54, 1.807) is 11.0 Å². The summed E-state index contributed by atoms with van der Waals surface area (Å²) in [6.07, 6.45) is 8.07. The molecule has 1 amide bonds. The molecule has 122 valence electrons. The quantitative estimate of drug-likeness (QED) is 0.855. The Morgan fingerprint density at radius 3 is 2.74 bits per heavy atom. The fourth-order valence-corrected chi connectivity index (χ4v) is 3.20. The predicted octanol–water partition coefficient (Wildman–Crippen LogP) is 2.59. The average Bonchev–Trinajstić information content (AvgIpc) is 3.03. The van der Waals surface area contributed by atoms with Crippen molar-refractivity contribution in [2.24, 2.45) is 5.41 Å². The van der Waals surface area contributed by atoms with Crippen LogP contribution in [0.1, 0.15) is 38.2 Å². The van der Waals surface area contributed by atoms with Crippen molar-refractivity contribution < 1.29 is 4.79 Å². The van der Waals surface area contributed by atoms with Gasteiger partial charge in [0.25, 0.3) is 0 Å². The summed E-state index contributed by atoms with van der Waals surface area (Å²) in [5.41, 5.74) is 1.04. The summed E-state index contributed by atoms with van der Waals surface area (Å²) in [7, 11) is 0. The van der Waals surface area contributed by atoms with E-state index in [-0.39, 0.29) is 17.4 Å². The first-order chi connectivity index (χ1) is 11.2. The summed E-state index contributed by atoms with van der Waals surface area (Å²) in [5.74, 6) is 0.207. The summed E-state index contributed by atoms with van der Waals surface area (Å²) in [6, 6.07) is 10.5. The summed E-state index contributed by atoms with van der Waals surface area (Å²) in [5, 5.41) is 7.30. The molecule has 1 N–H and O–H groups in total. The molecular formula is C18H24N4O. The molecule has 0 radical (unpaired) electrons. The molecule has 5 heteroatoms. The van der Waals surface area contributed by atoms with Crippen LogP contribution in [0.25, 0.3) is 0 Å². The van der Waals surface area contributed by atoms with Gasteiger partial charge in [-0.15, -0.1) is 0 Å². The first kappa shape index (κ1) is 15.7. The number of carbonyl (C=O) groups excluding carboxylic acids is 1. The normalized spacial score (nSPS) is 17.3. The number of carbonyl (C=O) groups is 1. The Balaban J connectivity index is 1.55. The van der Waals surface area contributed by atoms with Crippen molar-refractivity contribution in [2.45, 2.75) is 51.6 Å². The zero-order chi connectivity index (χ0) is 16.1. The van der Waals surface area contributed by atoms with Crippen LogP contribution in [0.4, 0.5) is 0 Å². The van der Waals surface area contributed by atoms with Gasteiger partial charge >= 0.3 is 0 Å². The van der Waals surface area contributed by atoms with Crippen molar-refractivity contribution in [1.82, 2.24) is 20.1 Å². The minimum atomic E-state index is -0.205. The van der Waals surface area contributed by atoms with Crippen LogP contribution in [-0.2, 0) is 17.8 Å². The van der Waals surface area contributed by atoms with Gasteiger partial charge in [-0.05, 0) is 38.2 Å². The van der Waals surface area contributed by atoms with Gasteiger partial charge in [0.2, 0.25) is 5.91 Å². The third kappa shape index (κ3) is 3.78. The van der Waals surface area contributed by atoms with Gasteiger partial charge in [0.05, 0.1) is 5.41 Å². The molecule has 1 aromatic heterocycles. The number of nitrogens with one attached hydrogen (secondary N) is 1. The number of benzene rings is 1. The van der Waals surface area contributed by atoms with Gasteiger partial charge in [-0.2, -0.15) is 5.10 Å². The molecule has 1 aromatic carbocycles. The Labute approximate surface area is 137 Å². The van der Waals surface area contributed by atoms with Crippen molar-refractivity contribution in [3.63, 3.8) is 0 Å². The van der Waals surface area contributed by atoms with Crippen molar-refractivity contribution in [2.75, 3.05) is 0 Å². The molecule has 1 saturated carbocycles. The Morgan fingerprint density at radius 2 is 2.13 bits per heavy atom. The molecule has 0 spiro atoms. The second-order valence-electron chi connectivity index (χ2n) is 6.62. The van der Waals surface area contributed by atoms with Gasteiger partial charge < -0.3 is 5.32 Å². The maximum atomic E-state index is 12.8. The number of hydrogen-bond donors (Lipinski definition) is 1. The third-order valence-corrected chi connectivity index (χ3v) is 4.81. The zero-order valence-electron chi connectivity index (χ0n) is 13.6. The summed E-state index contributed by atoms with van der Waals surface area (Å²) in [6.45, 7) is 2.83. The van der Waals surface area contributed by atoms with E-state index in [9.17, 15) is 4.79 Å². The third-order valence-electron chi connectivity index (χ3n) is 4.81. The standard InChI is InChI=1S/C18H24N4O/c1-15(8-11-22-14-19-13-20-22)21-17(23)18(9-5-10-18)12-16-6-3-2-4-7-16/h2-4,6-7,13-15H,5,8-12H2,1H3,(H,21,23)/t15-/m1/s1. The molecule has 3 rings (SSSR count). The molecule has 1 aliphatic carbocycles. The van der Waals surface area contributed by atoms with Crippen molar-refractivity contribution in [3.05, 3.63) is 48.5 Å². The van der Waals surface area contributed by atoms with Gasteiger partial charge in [0.15, 0.2) is 0 Å². The van der Waals surface area contributed by atoms with Gasteiger partial charge in [-0.25, -0.2) is 4.98 Å². The number of nitrogens with zero attached hydrogens (tertiary/aromatic N) is 3. The van der Waals surface area contributed by atoms with Crippen LogP contribution >= 0.6 is 0 Å². The molecule has 1 atom stereocenters. The molecule has 5 nitrogen and oxygen atoms in total. The van der Waals surface area contributed by atoms with Crippen LogP contribution < -0.4 is 5.32 Å². The van der Waals surface area contributed by atoms with Crippen LogP contribution in [0.3, 0.4) is 0 Å². The first-order valence-electron chi connectivity index (χ1n) is 8.35. The second kappa shape index (κ2) is 6.94. The maximum Gasteiger partial charge on any atom is 0.226 e. The largest absolute Gasteiger partial charge is 0.353 e. The molecule has 1 heterocycles. The van der Waals surface area contributed by atoms with Gasteiger partial charge in [-0.3, -0.25) is 9.48 Å². The topological polar surface area (TPSA) is 59.8 Å². The van der Waals surface area contributed by atoms with Crippen molar-refractivity contribution in [3.8, 4) is 0 Å². The maximum absolute atomic E-state index is 12.8. The summed E-state index contributed by atoms with van der Waals surface area (Å²) in [4.78, 5) is 16.7. The van der Waals surface area contributed by atoms with E-state index < -0.39 is 0 Å². The molecule has 2 aromatic rings. The molecule has 0 aliphatic heterocycles. The lowest BCUT2D eigenvalue weighted by Crippen LogP contribution is -2.49. The minimum absolute atomic E-state index is 0.139. The van der Waals surface area contributed by atoms with E-state index in [4.69, 9.17) is 0 Å². The highest BCUT2D eigenvalue weighted by molar-refractivity contribution is 5.84. The van der Waals surface area contributed by atoms with Crippen LogP contribution in [0.2, 0.25) is 0 Å². The highest BCUT2D eigenvalue weighted by Crippen LogP contribution is 2.44. The Bertz CT molecular complexity index is 620. The predicted molar refractivity (Wildman–Crippen MR) is 88.7 cm³/mol. The van der Waals surface area contributed by atoms with E-state index in [1.165, 1.54) is 11.9 Å². The molecule has 1 fully saturated rings. The summed E-state index contributed by atoms with van der Waals surface area (Å²) < 4.78 is 1.80. The zero-order valence-corrected chi connectivity index (χ0v) is 13.6. The number of rotatable bonds is 7. The number of aryl methyl sites for hydroxylation is 1. The van der Waals surface area contributed by atoms with Crippen LogP contribution in [0.5, 0.6) is 0 Å². The van der Waals surface area contributed by atoms with Gasteiger partial charge in [-0.1, -0.05) is 36.8 Å². The highest BCUT2D eigenvalue weighted by Gasteiger charge is 2.44. The summed E-state index contributed by atoms with van der Waals surface area (Å²) >= 11 is 0. The Morgan fingerprint density at radius 1 is 1.35 bits per heavy atom. The van der Waals surface area contributed by atoms with Crippen molar-refractivity contribution >= 4 is 5.91 Å². The van der Waals surface area contributed by atoms with E-state index in [1.807, 2.05) is 18.2 Å². The SMILES string of the molecule is C[C@H](CCn1cncn1)NC(=O)C1(Cc2ccccc2)CCC1. The Hall–Kier alpha value is -2.17. The number of hydrogen-bond acceptors (Lipinski definition) is 3. The van der Waals surface area contributed by atoms with Gasteiger partial charge in [0.1, 0.15) is 12.7 Å². The lowest BCUT2D eigenvalue weighted by Gasteiger charge is -2.41. The van der Waals surface area contributed by atoms with E-state index >= 15 is 0 Å². The van der Waals surface area contributed by atoms with Crippen LogP contribution in [0, 0.1) is 5.41 Å². The second-order valence-corrected chi connectivity index (χ2v) is 6.62. The van der Waals surface area contributed by atoms with Crippen LogP contribution in [-0.4, -0.2) is 26.7 Å². The molecule has 0 unspecified atom stereocenters. The van der Waals surface area contributed by atoms with E-state index in [0.717, 1.165) is 38.6 Å². The molecule has 0 bridgehead atoms. The van der Waals surface area contributed by atoms with Crippen LogP contribution in [0.15, 0.2) is 43.0 Å². The number of amides is 1. The Kier molecular flexibility index (Phi) is 4.74. The fraction of sp³-hybridized carbons (Fsp3) is 0.500. The lowest BCUT2D eigenvalue weighted by atomic mass is 9.64. The molecule has 23 heavy (non-hydrogen) atoms. The van der Waals surface area contributed by atoms with Gasteiger partial charge in [0, 0.05) is 12.6 Å². The van der Waals surface area contributed by atoms with Crippen molar-refractivity contribution in [1.29, 1.82) is 0 Å². The minimum Gasteiger partial charge on any atom is -0.353 e. The number of aromatic nitrogens is 3. The average molecular weight is 312 g/mol. The van der Waals surface area contributed by atoms with E-state index in [0.29, 0.717) is 0 Å². The molecular weight excluding hydrogens is 288 g/mol. The molecule has 1 aliphatic rings.